The number of piperidine rings is 1. The molecule has 0 aliphatic carbocycles. The molecule has 2 N–H and O–H groups in total. The second kappa shape index (κ2) is 11.2. The van der Waals surface area contributed by atoms with Gasteiger partial charge in [0, 0.05) is 25.2 Å². The van der Waals surface area contributed by atoms with Crippen LogP contribution in [-0.4, -0.2) is 63.6 Å². The molecule has 2 heterocycles. The number of hydrogen-bond donors (Lipinski definition) is 2. The van der Waals surface area contributed by atoms with Gasteiger partial charge in [-0.15, -0.1) is 0 Å². The molecule has 0 radical (unpaired) electrons. The van der Waals surface area contributed by atoms with E-state index in [1.165, 1.54) is 34.6 Å². The minimum absolute atomic E-state index is 0.126. The van der Waals surface area contributed by atoms with Crippen LogP contribution in [-0.2, 0) is 26.0 Å². The fourth-order valence-electron chi connectivity index (χ4n) is 4.68. The summed E-state index contributed by atoms with van der Waals surface area (Å²) < 4.78 is 39.1. The van der Waals surface area contributed by atoms with E-state index in [0.717, 1.165) is 11.3 Å². The standard InChI is InChI=1S/C26H31N3O6S/c1-3-24(30)28-25-16-20-13-15-29(17-23(20)35-25)36(32,33)21-10-8-19(9-11-21)26(31)27-14-12-18-6-4-5-7-22(18)34-2/h3-11,20,23,25H,1,12-17H2,2H3,(H,27,31)(H,28,30). The highest BCUT2D eigenvalue weighted by molar-refractivity contribution is 7.89. The Morgan fingerprint density at radius 3 is 2.67 bits per heavy atom. The molecule has 2 amide bonds. The molecule has 192 valence electrons. The van der Waals surface area contributed by atoms with E-state index >= 15 is 0 Å². The Balaban J connectivity index is 1.33. The first-order chi connectivity index (χ1) is 17.3. The van der Waals surface area contributed by atoms with Crippen molar-refractivity contribution in [1.29, 1.82) is 0 Å². The lowest BCUT2D eigenvalue weighted by atomic mass is 9.94. The molecule has 0 aromatic heterocycles. The molecule has 2 saturated heterocycles. The predicted octanol–water partition coefficient (Wildman–Crippen LogP) is 2.10. The van der Waals surface area contributed by atoms with Crippen LogP contribution in [0.15, 0.2) is 66.1 Å². The fourth-order valence-corrected chi connectivity index (χ4v) is 6.15. The summed E-state index contributed by atoms with van der Waals surface area (Å²) in [5, 5.41) is 5.59. The highest BCUT2D eigenvalue weighted by Crippen LogP contribution is 2.34. The van der Waals surface area contributed by atoms with E-state index in [4.69, 9.17) is 9.47 Å². The van der Waals surface area contributed by atoms with Crippen molar-refractivity contribution in [3.05, 3.63) is 72.3 Å². The number of methoxy groups -OCH3 is 1. The zero-order valence-electron chi connectivity index (χ0n) is 20.2. The van der Waals surface area contributed by atoms with Crippen molar-refractivity contribution in [1.82, 2.24) is 14.9 Å². The molecular weight excluding hydrogens is 482 g/mol. The van der Waals surface area contributed by atoms with Crippen molar-refractivity contribution in [2.24, 2.45) is 5.92 Å². The number of rotatable bonds is 9. The van der Waals surface area contributed by atoms with Crippen LogP contribution < -0.4 is 15.4 Å². The molecule has 2 fully saturated rings. The second-order valence-electron chi connectivity index (χ2n) is 8.87. The van der Waals surface area contributed by atoms with Gasteiger partial charge in [-0.05, 0) is 67.2 Å². The van der Waals surface area contributed by atoms with Gasteiger partial charge in [0.1, 0.15) is 12.0 Å². The van der Waals surface area contributed by atoms with E-state index in [9.17, 15) is 18.0 Å². The molecule has 10 heteroatoms. The first-order valence-corrected chi connectivity index (χ1v) is 13.3. The number of amides is 2. The zero-order valence-corrected chi connectivity index (χ0v) is 21.0. The topological polar surface area (TPSA) is 114 Å². The number of ether oxygens (including phenoxy) is 2. The average molecular weight is 514 g/mol. The Morgan fingerprint density at radius 1 is 1.19 bits per heavy atom. The summed E-state index contributed by atoms with van der Waals surface area (Å²) in [6.07, 6.45) is 2.38. The Bertz CT molecular complexity index is 1210. The number of fused-ring (bicyclic) bond motifs is 1. The van der Waals surface area contributed by atoms with E-state index in [2.05, 4.69) is 17.2 Å². The van der Waals surface area contributed by atoms with Crippen LogP contribution in [0.4, 0.5) is 0 Å². The lowest BCUT2D eigenvalue weighted by Crippen LogP contribution is -2.45. The monoisotopic (exact) mass is 513 g/mol. The molecule has 2 aromatic carbocycles. The highest BCUT2D eigenvalue weighted by atomic mass is 32.2. The Hall–Kier alpha value is -3.21. The van der Waals surface area contributed by atoms with Crippen LogP contribution in [0.25, 0.3) is 0 Å². The van der Waals surface area contributed by atoms with Crippen molar-refractivity contribution < 1.29 is 27.5 Å². The van der Waals surface area contributed by atoms with E-state index in [1.54, 1.807) is 7.11 Å². The summed E-state index contributed by atoms with van der Waals surface area (Å²) >= 11 is 0. The summed E-state index contributed by atoms with van der Waals surface area (Å²) in [5.41, 5.74) is 1.37. The molecule has 4 rings (SSSR count). The SMILES string of the molecule is C=CC(=O)NC1CC2CCN(S(=O)(=O)c3ccc(C(=O)NCCc4ccccc4OC)cc3)CC2O1. The van der Waals surface area contributed by atoms with E-state index < -0.39 is 16.3 Å². The molecular formula is C26H31N3O6S. The number of carbonyl (C=O) groups is 2. The van der Waals surface area contributed by atoms with Crippen molar-refractivity contribution in [3.8, 4) is 5.75 Å². The van der Waals surface area contributed by atoms with Crippen LogP contribution in [0, 0.1) is 5.92 Å². The predicted molar refractivity (Wildman–Crippen MR) is 134 cm³/mol. The average Bonchev–Trinajstić information content (AvgIpc) is 3.30. The minimum Gasteiger partial charge on any atom is -0.496 e. The Kier molecular flexibility index (Phi) is 8.07. The van der Waals surface area contributed by atoms with E-state index in [0.29, 0.717) is 37.9 Å². The third-order valence-electron chi connectivity index (χ3n) is 6.63. The second-order valence-corrected chi connectivity index (χ2v) is 10.8. The number of nitrogens with one attached hydrogen (secondary N) is 2. The van der Waals surface area contributed by atoms with Crippen molar-refractivity contribution in [3.63, 3.8) is 0 Å². The Labute approximate surface area is 211 Å². The number of benzene rings is 2. The van der Waals surface area contributed by atoms with Gasteiger partial charge in [-0.2, -0.15) is 4.31 Å². The largest absolute Gasteiger partial charge is 0.496 e. The number of para-hydroxylation sites is 1. The molecule has 36 heavy (non-hydrogen) atoms. The maximum Gasteiger partial charge on any atom is 0.251 e. The van der Waals surface area contributed by atoms with Gasteiger partial charge in [0.25, 0.3) is 5.91 Å². The number of nitrogens with zero attached hydrogens (tertiary/aromatic N) is 1. The molecule has 0 spiro atoms. The molecule has 0 saturated carbocycles. The smallest absolute Gasteiger partial charge is 0.251 e. The lowest BCUT2D eigenvalue weighted by molar-refractivity contribution is -0.120. The van der Waals surface area contributed by atoms with Gasteiger partial charge in [0.2, 0.25) is 15.9 Å². The molecule has 9 nitrogen and oxygen atoms in total. The van der Waals surface area contributed by atoms with Gasteiger partial charge in [-0.3, -0.25) is 9.59 Å². The van der Waals surface area contributed by atoms with Gasteiger partial charge in [-0.1, -0.05) is 24.8 Å². The number of carbonyl (C=O) groups excluding carboxylic acids is 2. The maximum atomic E-state index is 13.2. The van der Waals surface area contributed by atoms with Crippen molar-refractivity contribution in [2.75, 3.05) is 26.7 Å². The van der Waals surface area contributed by atoms with Gasteiger partial charge in [0.05, 0.1) is 18.1 Å². The van der Waals surface area contributed by atoms with Crippen LogP contribution in [0.3, 0.4) is 0 Å². The van der Waals surface area contributed by atoms with Crippen LogP contribution in [0.2, 0.25) is 0 Å². The van der Waals surface area contributed by atoms with E-state index in [1.807, 2.05) is 24.3 Å². The fraction of sp³-hybridized carbons (Fsp3) is 0.385. The third kappa shape index (κ3) is 5.77. The number of sulfonamides is 1. The Morgan fingerprint density at radius 2 is 1.94 bits per heavy atom. The number of hydrogen-bond acceptors (Lipinski definition) is 6. The molecule has 3 unspecified atom stereocenters. The first-order valence-electron chi connectivity index (χ1n) is 11.9. The van der Waals surface area contributed by atoms with Crippen molar-refractivity contribution in [2.45, 2.75) is 36.5 Å². The minimum atomic E-state index is -3.74. The van der Waals surface area contributed by atoms with Gasteiger partial charge >= 0.3 is 0 Å². The summed E-state index contributed by atoms with van der Waals surface area (Å²) in [6.45, 7) is 4.45. The van der Waals surface area contributed by atoms with Crippen LogP contribution >= 0.6 is 0 Å². The van der Waals surface area contributed by atoms with E-state index in [-0.39, 0.29) is 35.3 Å². The molecule has 2 aliphatic heterocycles. The highest BCUT2D eigenvalue weighted by Gasteiger charge is 2.42. The van der Waals surface area contributed by atoms with Gasteiger partial charge in [-0.25, -0.2) is 8.42 Å². The molecule has 2 aromatic rings. The van der Waals surface area contributed by atoms with Gasteiger partial charge < -0.3 is 20.1 Å². The summed E-state index contributed by atoms with van der Waals surface area (Å²) in [5.74, 6) is 0.368. The van der Waals surface area contributed by atoms with Crippen LogP contribution in [0.5, 0.6) is 5.75 Å². The normalized spacial score (nSPS) is 21.9. The van der Waals surface area contributed by atoms with Crippen molar-refractivity contribution >= 4 is 21.8 Å². The summed E-state index contributed by atoms with van der Waals surface area (Å²) in [6, 6.07) is 13.6. The van der Waals surface area contributed by atoms with Crippen LogP contribution in [0.1, 0.15) is 28.8 Å². The zero-order chi connectivity index (χ0) is 25.7. The third-order valence-corrected chi connectivity index (χ3v) is 8.51. The summed E-state index contributed by atoms with van der Waals surface area (Å²) in [7, 11) is -2.14. The quantitative estimate of drug-likeness (QED) is 0.497. The molecule has 0 bridgehead atoms. The first kappa shape index (κ1) is 25.9. The summed E-state index contributed by atoms with van der Waals surface area (Å²) in [4.78, 5) is 24.2. The lowest BCUT2D eigenvalue weighted by Gasteiger charge is -2.33. The molecule has 2 aliphatic rings. The van der Waals surface area contributed by atoms with Gasteiger partial charge in [0.15, 0.2) is 0 Å². The maximum absolute atomic E-state index is 13.2. The molecule has 3 atom stereocenters.